The van der Waals surface area contributed by atoms with E-state index in [9.17, 15) is 0 Å². The maximum Gasteiger partial charge on any atom is 0.0433 e. The maximum atomic E-state index is 4.66. The molecular formula is C53H62S. The van der Waals surface area contributed by atoms with Gasteiger partial charge < -0.3 is 0 Å². The quantitative estimate of drug-likeness (QED) is 0.146. The van der Waals surface area contributed by atoms with Crippen LogP contribution in [0.1, 0.15) is 126 Å². The summed E-state index contributed by atoms with van der Waals surface area (Å²) in [5.41, 5.74) is 16.0. The molecule has 0 bridgehead atoms. The standard InChI is InChI=1S/C46H46S.C4H10.C3H6/c1-9-16-35-36-23-22-34(33(10-2)44(36)30(6)46(7,8)42(35)11-3)39-25-29(5)40(26-28(39)4)37-19-15-20-38-41-27-32(31-17-13-12-14-18-31)21-24-43(41)47-45(37)38;1-3-4-2;1-3-2/h9-11,15-16,19-27,31H,2-3,6,12-14,17-18H2,1,4-5,7-8H3;3-4H2,1-2H3;3H,1H2,2H3/b16-9-;;. The molecule has 0 amide bonds. The molecule has 2 aliphatic rings. The van der Waals surface area contributed by atoms with Crippen molar-refractivity contribution in [3.63, 3.8) is 0 Å². The Labute approximate surface area is 331 Å². The third-order valence-corrected chi connectivity index (χ3v) is 12.8. The summed E-state index contributed by atoms with van der Waals surface area (Å²) in [6, 6.07) is 23.5. The second kappa shape index (κ2) is 17.8. The predicted octanol–water partition coefficient (Wildman–Crippen LogP) is 17.3. The van der Waals surface area contributed by atoms with Gasteiger partial charge in [0.15, 0.2) is 0 Å². The second-order valence-corrected chi connectivity index (χ2v) is 16.6. The minimum atomic E-state index is -0.241. The normalized spacial score (nSPS) is 15.4. The first-order valence-corrected chi connectivity index (χ1v) is 21.0. The van der Waals surface area contributed by atoms with Crippen LogP contribution in [0.4, 0.5) is 0 Å². The van der Waals surface area contributed by atoms with Crippen LogP contribution in [0.5, 0.6) is 0 Å². The molecule has 0 nitrogen and oxygen atoms in total. The SMILES string of the molecule is C=CC.C=CC1=C(/C=C\C)c2ccc(-c3cc(C)c(-c4cccc5c4sc4ccc(C6CCCCC6)cc45)cc3C)c(C=C)c2C(=C)C1(C)C.CCCC. The molecule has 0 saturated heterocycles. The van der Waals surface area contributed by atoms with Crippen LogP contribution in [0.2, 0.25) is 0 Å². The summed E-state index contributed by atoms with van der Waals surface area (Å²) in [7, 11) is 0. The van der Waals surface area contributed by atoms with Gasteiger partial charge in [0.25, 0.3) is 0 Å². The first kappa shape index (κ1) is 40.7. The summed E-state index contributed by atoms with van der Waals surface area (Å²) in [6.45, 7) is 33.9. The zero-order valence-electron chi connectivity index (χ0n) is 34.4. The van der Waals surface area contributed by atoms with Crippen molar-refractivity contribution >= 4 is 48.7 Å². The molecule has 1 heteroatoms. The van der Waals surface area contributed by atoms with Gasteiger partial charge in [-0.1, -0.05) is 158 Å². The number of aryl methyl sites for hydroxylation is 2. The van der Waals surface area contributed by atoms with Gasteiger partial charge in [0.2, 0.25) is 0 Å². The van der Waals surface area contributed by atoms with Crippen molar-refractivity contribution in [1.29, 1.82) is 0 Å². The number of unbranched alkanes of at least 4 members (excludes halogenated alkanes) is 1. The lowest BCUT2D eigenvalue weighted by Gasteiger charge is -2.38. The highest BCUT2D eigenvalue weighted by Gasteiger charge is 2.36. The van der Waals surface area contributed by atoms with Crippen LogP contribution in [0.25, 0.3) is 59.6 Å². The van der Waals surface area contributed by atoms with Gasteiger partial charge in [-0.3, -0.25) is 0 Å². The maximum absolute atomic E-state index is 4.66. The van der Waals surface area contributed by atoms with Gasteiger partial charge in [0, 0.05) is 25.6 Å². The van der Waals surface area contributed by atoms with Crippen LogP contribution in [0.3, 0.4) is 0 Å². The fourth-order valence-electron chi connectivity index (χ4n) is 8.40. The van der Waals surface area contributed by atoms with E-state index in [-0.39, 0.29) is 5.41 Å². The van der Waals surface area contributed by atoms with Gasteiger partial charge in [-0.05, 0) is 131 Å². The van der Waals surface area contributed by atoms with E-state index in [4.69, 9.17) is 0 Å². The Morgan fingerprint density at radius 2 is 1.37 bits per heavy atom. The van der Waals surface area contributed by atoms with Crippen LogP contribution in [0, 0.1) is 19.3 Å². The minimum Gasteiger partial charge on any atom is -0.135 e. The van der Waals surface area contributed by atoms with E-state index in [1.165, 1.54) is 126 Å². The van der Waals surface area contributed by atoms with Crippen molar-refractivity contribution in [3.8, 4) is 22.3 Å². The summed E-state index contributed by atoms with van der Waals surface area (Å²) in [6.07, 6.45) is 19.5. The van der Waals surface area contributed by atoms with Crippen molar-refractivity contribution in [2.24, 2.45) is 5.41 Å². The first-order chi connectivity index (χ1) is 26.0. The van der Waals surface area contributed by atoms with Crippen molar-refractivity contribution in [3.05, 3.63) is 150 Å². The molecule has 54 heavy (non-hydrogen) atoms. The second-order valence-electron chi connectivity index (χ2n) is 15.6. The first-order valence-electron chi connectivity index (χ1n) is 20.2. The van der Waals surface area contributed by atoms with E-state index in [2.05, 4.69) is 148 Å². The number of thiophene rings is 1. The Morgan fingerprint density at radius 3 is 1.96 bits per heavy atom. The molecule has 2 aliphatic carbocycles. The van der Waals surface area contributed by atoms with Gasteiger partial charge in [-0.15, -0.1) is 17.9 Å². The van der Waals surface area contributed by atoms with Crippen molar-refractivity contribution in [2.45, 2.75) is 106 Å². The zero-order chi connectivity index (χ0) is 39.2. The number of benzene rings is 4. The molecule has 1 fully saturated rings. The Bertz CT molecular complexity index is 2250. The van der Waals surface area contributed by atoms with Crippen LogP contribution >= 0.6 is 11.3 Å². The van der Waals surface area contributed by atoms with Gasteiger partial charge in [-0.2, -0.15) is 0 Å². The summed E-state index contributed by atoms with van der Waals surface area (Å²) in [5, 5.41) is 2.80. The largest absolute Gasteiger partial charge is 0.135 e. The number of hydrogen-bond donors (Lipinski definition) is 0. The zero-order valence-corrected chi connectivity index (χ0v) is 35.2. The topological polar surface area (TPSA) is 0 Å². The third-order valence-electron chi connectivity index (χ3n) is 11.5. The number of hydrogen-bond acceptors (Lipinski definition) is 1. The number of allylic oxidation sites excluding steroid dienone is 7. The molecule has 7 rings (SSSR count). The molecule has 4 aromatic carbocycles. The molecule has 1 aromatic heterocycles. The molecule has 280 valence electrons. The molecular weight excluding hydrogens is 669 g/mol. The molecule has 0 aliphatic heterocycles. The van der Waals surface area contributed by atoms with Crippen LogP contribution < -0.4 is 0 Å². The lowest BCUT2D eigenvalue weighted by molar-refractivity contribution is 0.444. The van der Waals surface area contributed by atoms with Crippen molar-refractivity contribution < 1.29 is 0 Å². The number of rotatable bonds is 7. The van der Waals surface area contributed by atoms with Crippen LogP contribution in [0.15, 0.2) is 117 Å². The highest BCUT2D eigenvalue weighted by molar-refractivity contribution is 7.26. The molecule has 5 aromatic rings. The molecule has 0 unspecified atom stereocenters. The van der Waals surface area contributed by atoms with Crippen molar-refractivity contribution in [1.82, 2.24) is 0 Å². The van der Waals surface area contributed by atoms with Crippen molar-refractivity contribution in [2.75, 3.05) is 0 Å². The molecule has 0 radical (unpaired) electrons. The summed E-state index contributed by atoms with van der Waals surface area (Å²) in [4.78, 5) is 0. The van der Waals surface area contributed by atoms with E-state index in [0.717, 1.165) is 11.1 Å². The van der Waals surface area contributed by atoms with Gasteiger partial charge in [0.1, 0.15) is 0 Å². The minimum absolute atomic E-state index is 0.241. The summed E-state index contributed by atoms with van der Waals surface area (Å²) in [5.74, 6) is 0.714. The Hall–Kier alpha value is -4.46. The lowest BCUT2D eigenvalue weighted by atomic mass is 9.65. The Kier molecular flexibility index (Phi) is 13.4. The average Bonchev–Trinajstić information content (AvgIpc) is 3.56. The van der Waals surface area contributed by atoms with Gasteiger partial charge >= 0.3 is 0 Å². The van der Waals surface area contributed by atoms with E-state index in [1.54, 1.807) is 6.08 Å². The number of fused-ring (bicyclic) bond motifs is 4. The molecule has 1 heterocycles. The molecule has 0 spiro atoms. The molecule has 1 saturated carbocycles. The smallest absolute Gasteiger partial charge is 0.0433 e. The highest BCUT2D eigenvalue weighted by atomic mass is 32.1. The highest BCUT2D eigenvalue weighted by Crippen LogP contribution is 2.53. The van der Waals surface area contributed by atoms with E-state index in [0.29, 0.717) is 5.92 Å². The van der Waals surface area contributed by atoms with E-state index >= 15 is 0 Å². The molecule has 0 N–H and O–H groups in total. The van der Waals surface area contributed by atoms with Gasteiger partial charge in [0.05, 0.1) is 0 Å². The van der Waals surface area contributed by atoms with Crippen LogP contribution in [-0.4, -0.2) is 0 Å². The third kappa shape index (κ3) is 7.71. The summed E-state index contributed by atoms with van der Waals surface area (Å²) >= 11 is 1.94. The van der Waals surface area contributed by atoms with Crippen LogP contribution in [-0.2, 0) is 0 Å². The monoisotopic (exact) mass is 730 g/mol. The van der Waals surface area contributed by atoms with E-state index in [1.807, 2.05) is 30.4 Å². The van der Waals surface area contributed by atoms with E-state index < -0.39 is 0 Å². The Balaban J connectivity index is 0.000000741. The summed E-state index contributed by atoms with van der Waals surface area (Å²) < 4.78 is 2.77. The fourth-order valence-corrected chi connectivity index (χ4v) is 9.61. The Morgan fingerprint density at radius 1 is 0.741 bits per heavy atom. The molecule has 0 atom stereocenters. The van der Waals surface area contributed by atoms with Gasteiger partial charge in [-0.25, -0.2) is 0 Å². The lowest BCUT2D eigenvalue weighted by Crippen LogP contribution is -2.22. The predicted molar refractivity (Wildman–Crippen MR) is 247 cm³/mol. The average molecular weight is 731 g/mol. The fraction of sp³-hybridized carbons (Fsp3) is 0.321.